The molecule has 0 aliphatic heterocycles. The predicted molar refractivity (Wildman–Crippen MR) is 115 cm³/mol. The number of aryl methyl sites for hydroxylation is 2. The number of esters is 1. The molecule has 29 heavy (non-hydrogen) atoms. The number of hydrogen-bond acceptors (Lipinski definition) is 6. The van der Waals surface area contributed by atoms with Crippen molar-refractivity contribution in [2.75, 3.05) is 11.9 Å². The average Bonchev–Trinajstić information content (AvgIpc) is 3.18. The molecule has 4 rings (SSSR count). The van der Waals surface area contributed by atoms with Gasteiger partial charge in [-0.05, 0) is 68.1 Å². The second-order valence-electron chi connectivity index (χ2n) is 7.91. The van der Waals surface area contributed by atoms with Crippen LogP contribution in [0.5, 0.6) is 0 Å². The van der Waals surface area contributed by atoms with E-state index < -0.39 is 11.9 Å². The van der Waals surface area contributed by atoms with Crippen molar-refractivity contribution in [3.8, 4) is 6.07 Å². The molecule has 152 valence electrons. The highest BCUT2D eigenvalue weighted by Gasteiger charge is 2.25. The molecule has 1 unspecified atom stereocenters. The number of nitrogens with zero attached hydrogens (tertiary/aromatic N) is 1. The van der Waals surface area contributed by atoms with Crippen LogP contribution in [0.25, 0.3) is 0 Å². The first kappa shape index (κ1) is 20.1. The van der Waals surface area contributed by atoms with E-state index in [1.165, 1.54) is 44.4 Å². The van der Waals surface area contributed by atoms with E-state index in [-0.39, 0.29) is 6.61 Å². The number of anilines is 1. The highest BCUT2D eigenvalue weighted by Crippen LogP contribution is 2.39. The van der Waals surface area contributed by atoms with Gasteiger partial charge in [0.05, 0.1) is 5.56 Å². The van der Waals surface area contributed by atoms with Gasteiger partial charge >= 0.3 is 5.97 Å². The summed E-state index contributed by atoms with van der Waals surface area (Å²) in [5.74, 6) is -0.254. The molecule has 2 aliphatic carbocycles. The summed E-state index contributed by atoms with van der Waals surface area (Å²) in [6, 6.07) is 4.16. The van der Waals surface area contributed by atoms with Crippen molar-refractivity contribution < 1.29 is 14.3 Å². The number of hydrogen-bond donors (Lipinski definition) is 1. The Morgan fingerprint density at radius 3 is 2.86 bits per heavy atom. The molecule has 0 fully saturated rings. The number of thiophene rings is 2. The minimum atomic E-state index is -0.446. The molecule has 0 aromatic carbocycles. The van der Waals surface area contributed by atoms with E-state index in [0.717, 1.165) is 50.5 Å². The maximum Gasteiger partial charge on any atom is 0.348 e. The quantitative estimate of drug-likeness (QED) is 0.556. The minimum absolute atomic E-state index is 0.342. The van der Waals surface area contributed by atoms with Gasteiger partial charge in [0, 0.05) is 9.75 Å². The van der Waals surface area contributed by atoms with Crippen molar-refractivity contribution in [3.63, 3.8) is 0 Å². The first-order chi connectivity index (χ1) is 14.0. The highest BCUT2D eigenvalue weighted by atomic mass is 32.1. The van der Waals surface area contributed by atoms with Crippen LogP contribution in [0.15, 0.2) is 6.07 Å². The van der Waals surface area contributed by atoms with Crippen molar-refractivity contribution in [2.45, 2.75) is 58.3 Å². The zero-order valence-electron chi connectivity index (χ0n) is 16.5. The Hall–Kier alpha value is -2.17. The van der Waals surface area contributed by atoms with Crippen LogP contribution in [0, 0.1) is 17.2 Å². The van der Waals surface area contributed by atoms with E-state index in [0.29, 0.717) is 21.4 Å². The zero-order chi connectivity index (χ0) is 20.4. The van der Waals surface area contributed by atoms with Crippen LogP contribution in [0.1, 0.15) is 68.7 Å². The van der Waals surface area contributed by atoms with Gasteiger partial charge in [0.2, 0.25) is 0 Å². The third-order valence-electron chi connectivity index (χ3n) is 5.66. The number of rotatable bonds is 4. The standard InChI is InChI=1S/C22H24N2O3S2/c1-13-7-8-15-16(11-23)21(29-18(15)9-13)24-20(25)12-27-22(26)19-10-14-5-3-2-4-6-17(14)28-19/h10,13H,2-9,12H2,1H3,(H,24,25). The maximum absolute atomic E-state index is 12.4. The summed E-state index contributed by atoms with van der Waals surface area (Å²) in [6.07, 6.45) is 8.48. The lowest BCUT2D eigenvalue weighted by Gasteiger charge is -2.17. The molecule has 0 saturated heterocycles. The Bertz CT molecular complexity index is 960. The fourth-order valence-corrected chi connectivity index (χ4v) is 6.61. The summed E-state index contributed by atoms with van der Waals surface area (Å²) < 4.78 is 5.24. The van der Waals surface area contributed by atoms with Gasteiger partial charge in [0.25, 0.3) is 5.91 Å². The second kappa shape index (κ2) is 8.68. The van der Waals surface area contributed by atoms with Crippen molar-refractivity contribution in [1.29, 1.82) is 5.26 Å². The number of carbonyl (C=O) groups is 2. The minimum Gasteiger partial charge on any atom is -0.451 e. The molecule has 0 bridgehead atoms. The van der Waals surface area contributed by atoms with Gasteiger partial charge in [-0.2, -0.15) is 5.26 Å². The van der Waals surface area contributed by atoms with E-state index in [1.807, 2.05) is 6.07 Å². The van der Waals surface area contributed by atoms with Crippen LogP contribution in [-0.2, 0) is 35.2 Å². The first-order valence-corrected chi connectivity index (χ1v) is 11.8. The van der Waals surface area contributed by atoms with Crippen molar-refractivity contribution in [3.05, 3.63) is 37.4 Å². The van der Waals surface area contributed by atoms with E-state index in [4.69, 9.17) is 4.74 Å². The van der Waals surface area contributed by atoms with Crippen LogP contribution in [0.3, 0.4) is 0 Å². The van der Waals surface area contributed by atoms with E-state index >= 15 is 0 Å². The van der Waals surface area contributed by atoms with Crippen LogP contribution in [-0.4, -0.2) is 18.5 Å². The summed E-state index contributed by atoms with van der Waals surface area (Å²) in [6.45, 7) is 1.86. The summed E-state index contributed by atoms with van der Waals surface area (Å²) in [5.41, 5.74) is 2.89. The van der Waals surface area contributed by atoms with Gasteiger partial charge in [-0.25, -0.2) is 4.79 Å². The fourth-order valence-electron chi connectivity index (χ4n) is 4.09. The van der Waals surface area contributed by atoms with Gasteiger partial charge < -0.3 is 10.1 Å². The third-order valence-corrected chi connectivity index (χ3v) is 8.05. The first-order valence-electron chi connectivity index (χ1n) is 10.2. The number of carbonyl (C=O) groups excluding carboxylic acids is 2. The summed E-state index contributed by atoms with van der Waals surface area (Å²) >= 11 is 2.97. The Balaban J connectivity index is 1.37. The molecule has 5 nitrogen and oxygen atoms in total. The Kier molecular flexibility index (Phi) is 6.02. The van der Waals surface area contributed by atoms with E-state index in [2.05, 4.69) is 18.3 Å². The zero-order valence-corrected chi connectivity index (χ0v) is 18.1. The lowest BCUT2D eigenvalue weighted by atomic mass is 9.89. The molecule has 0 radical (unpaired) electrons. The largest absolute Gasteiger partial charge is 0.451 e. The molecule has 2 aliphatic rings. The molecule has 2 aromatic rings. The molecule has 1 atom stereocenters. The summed E-state index contributed by atoms with van der Waals surface area (Å²) in [7, 11) is 0. The molecule has 1 N–H and O–H groups in total. The smallest absolute Gasteiger partial charge is 0.348 e. The molecular formula is C22H24N2O3S2. The highest BCUT2D eigenvalue weighted by molar-refractivity contribution is 7.16. The maximum atomic E-state index is 12.4. The van der Waals surface area contributed by atoms with Crippen LogP contribution < -0.4 is 5.32 Å². The number of fused-ring (bicyclic) bond motifs is 2. The SMILES string of the molecule is CC1CCc2c(sc(NC(=O)COC(=O)c3cc4c(s3)CCCCC4)c2C#N)C1. The van der Waals surface area contributed by atoms with Gasteiger partial charge in [0.15, 0.2) is 6.61 Å². The number of amides is 1. The number of ether oxygens (including phenoxy) is 1. The topological polar surface area (TPSA) is 79.2 Å². The van der Waals surface area contributed by atoms with Gasteiger partial charge in [-0.1, -0.05) is 13.3 Å². The van der Waals surface area contributed by atoms with Crippen LogP contribution in [0.2, 0.25) is 0 Å². The normalized spacial score (nSPS) is 18.1. The lowest BCUT2D eigenvalue weighted by Crippen LogP contribution is -2.20. The fraction of sp³-hybridized carbons (Fsp3) is 0.500. The second-order valence-corrected chi connectivity index (χ2v) is 10.2. The molecule has 2 aromatic heterocycles. The Morgan fingerprint density at radius 2 is 2.03 bits per heavy atom. The average molecular weight is 429 g/mol. The molecule has 1 amide bonds. The third kappa shape index (κ3) is 4.39. The molecular weight excluding hydrogens is 404 g/mol. The Morgan fingerprint density at radius 1 is 1.21 bits per heavy atom. The van der Waals surface area contributed by atoms with Crippen molar-refractivity contribution in [2.24, 2.45) is 5.92 Å². The summed E-state index contributed by atoms with van der Waals surface area (Å²) in [4.78, 5) is 27.8. The molecule has 7 heteroatoms. The lowest BCUT2D eigenvalue weighted by molar-refractivity contribution is -0.119. The predicted octanol–water partition coefficient (Wildman–Crippen LogP) is 4.87. The number of nitriles is 1. The Labute approximate surface area is 178 Å². The molecule has 2 heterocycles. The van der Waals surface area contributed by atoms with Crippen LogP contribution >= 0.6 is 22.7 Å². The van der Waals surface area contributed by atoms with E-state index in [1.54, 1.807) is 0 Å². The van der Waals surface area contributed by atoms with Gasteiger partial charge in [-0.15, -0.1) is 22.7 Å². The van der Waals surface area contributed by atoms with Gasteiger partial charge in [0.1, 0.15) is 15.9 Å². The molecule has 0 saturated carbocycles. The van der Waals surface area contributed by atoms with Gasteiger partial charge in [-0.3, -0.25) is 4.79 Å². The van der Waals surface area contributed by atoms with Crippen molar-refractivity contribution in [1.82, 2.24) is 0 Å². The van der Waals surface area contributed by atoms with E-state index in [9.17, 15) is 14.9 Å². The number of nitrogens with one attached hydrogen (secondary N) is 1. The summed E-state index contributed by atoms with van der Waals surface area (Å²) in [5, 5.41) is 12.9. The monoisotopic (exact) mass is 428 g/mol. The molecule has 0 spiro atoms. The van der Waals surface area contributed by atoms with Crippen molar-refractivity contribution >= 4 is 39.6 Å². The van der Waals surface area contributed by atoms with Crippen LogP contribution in [0.4, 0.5) is 5.00 Å².